The number of carbonyl (C=O) groups is 1. The van der Waals surface area contributed by atoms with Crippen LogP contribution < -0.4 is 20.7 Å². The Morgan fingerprint density at radius 1 is 1.15 bits per heavy atom. The number of benzene rings is 2. The highest BCUT2D eigenvalue weighted by atomic mass is 19.1. The van der Waals surface area contributed by atoms with Gasteiger partial charge in [-0.2, -0.15) is 10.1 Å². The summed E-state index contributed by atoms with van der Waals surface area (Å²) in [7, 11) is 5.63. The van der Waals surface area contributed by atoms with Gasteiger partial charge in [0.15, 0.2) is 0 Å². The van der Waals surface area contributed by atoms with Crippen molar-refractivity contribution < 1.29 is 13.9 Å². The molecule has 39 heavy (non-hydrogen) atoms. The van der Waals surface area contributed by atoms with Gasteiger partial charge in [-0.05, 0) is 49.5 Å². The quantitative estimate of drug-likeness (QED) is 0.273. The molecule has 0 aliphatic carbocycles. The molecule has 0 unspecified atom stereocenters. The largest absolute Gasteiger partial charge is 0.493 e. The van der Waals surface area contributed by atoms with Gasteiger partial charge < -0.3 is 25.6 Å². The maximum Gasteiger partial charge on any atom is 0.248 e. The molecule has 0 saturated carbocycles. The number of fused-ring (bicyclic) bond motifs is 1. The third-order valence-corrected chi connectivity index (χ3v) is 5.98. The fourth-order valence-electron chi connectivity index (χ4n) is 4.08. The molecule has 0 bridgehead atoms. The van der Waals surface area contributed by atoms with Gasteiger partial charge in [-0.3, -0.25) is 9.48 Å². The van der Waals surface area contributed by atoms with Gasteiger partial charge in [0.05, 0.1) is 24.2 Å². The minimum Gasteiger partial charge on any atom is -0.493 e. The second-order valence-corrected chi connectivity index (χ2v) is 9.38. The van der Waals surface area contributed by atoms with Crippen LogP contribution in [0.25, 0.3) is 11.1 Å². The van der Waals surface area contributed by atoms with Gasteiger partial charge in [0, 0.05) is 49.7 Å². The second-order valence-electron chi connectivity index (χ2n) is 9.38. The van der Waals surface area contributed by atoms with Crippen molar-refractivity contribution in [1.29, 1.82) is 0 Å². The summed E-state index contributed by atoms with van der Waals surface area (Å²) in [6, 6.07) is 10.3. The smallest absolute Gasteiger partial charge is 0.248 e. The third-order valence-electron chi connectivity index (χ3n) is 5.98. The van der Waals surface area contributed by atoms with Crippen LogP contribution in [-0.4, -0.2) is 57.8 Å². The highest BCUT2D eigenvalue weighted by molar-refractivity contribution is 5.99. The number of nitrogens with one attached hydrogen (secondary N) is 3. The zero-order chi connectivity index (χ0) is 27.4. The van der Waals surface area contributed by atoms with E-state index in [9.17, 15) is 9.18 Å². The van der Waals surface area contributed by atoms with Crippen molar-refractivity contribution in [2.45, 2.75) is 6.42 Å². The summed E-state index contributed by atoms with van der Waals surface area (Å²) in [5.74, 6) is 0.692. The minimum atomic E-state index is -0.500. The van der Waals surface area contributed by atoms with Gasteiger partial charge >= 0.3 is 0 Å². The maximum atomic E-state index is 15.0. The first-order chi connectivity index (χ1) is 18.8. The van der Waals surface area contributed by atoms with Gasteiger partial charge in [0.25, 0.3) is 0 Å². The summed E-state index contributed by atoms with van der Waals surface area (Å²) in [6.45, 7) is 1.27. The molecule has 1 aliphatic heterocycles. The molecule has 5 rings (SSSR count). The molecule has 0 radical (unpaired) electrons. The molecule has 1 aliphatic rings. The molecule has 4 aromatic rings. The van der Waals surface area contributed by atoms with Crippen LogP contribution in [-0.2, 0) is 18.3 Å². The van der Waals surface area contributed by atoms with Crippen molar-refractivity contribution in [2.24, 2.45) is 7.05 Å². The minimum absolute atomic E-state index is 0.148. The van der Waals surface area contributed by atoms with E-state index in [-0.39, 0.29) is 11.6 Å². The topological polar surface area (TPSA) is 109 Å². The van der Waals surface area contributed by atoms with Crippen molar-refractivity contribution >= 4 is 34.7 Å². The molecule has 11 heteroatoms. The van der Waals surface area contributed by atoms with Crippen molar-refractivity contribution in [2.75, 3.05) is 43.2 Å². The molecular formula is C28H29FN8O2. The maximum absolute atomic E-state index is 15.0. The fourth-order valence-corrected chi connectivity index (χ4v) is 4.08. The molecule has 0 saturated heterocycles. The Bertz CT molecular complexity index is 1530. The van der Waals surface area contributed by atoms with Crippen molar-refractivity contribution in [1.82, 2.24) is 24.6 Å². The Morgan fingerprint density at radius 2 is 2.03 bits per heavy atom. The van der Waals surface area contributed by atoms with Crippen LogP contribution in [0, 0.1) is 5.82 Å². The first-order valence-corrected chi connectivity index (χ1v) is 12.4. The summed E-state index contributed by atoms with van der Waals surface area (Å²) in [5, 5.41) is 13.1. The third kappa shape index (κ3) is 6.39. The average Bonchev–Trinajstić information content (AvgIpc) is 3.54. The average molecular weight is 529 g/mol. The van der Waals surface area contributed by atoms with Crippen LogP contribution in [0.4, 0.5) is 33.2 Å². The van der Waals surface area contributed by atoms with Crippen LogP contribution >= 0.6 is 0 Å². The van der Waals surface area contributed by atoms with Crippen LogP contribution in [0.1, 0.15) is 5.56 Å². The van der Waals surface area contributed by atoms with E-state index >= 15 is 0 Å². The van der Waals surface area contributed by atoms with Crippen LogP contribution in [0.3, 0.4) is 0 Å². The molecule has 0 spiro atoms. The summed E-state index contributed by atoms with van der Waals surface area (Å²) in [4.78, 5) is 23.4. The highest BCUT2D eigenvalue weighted by Gasteiger charge is 2.17. The van der Waals surface area contributed by atoms with Gasteiger partial charge in [0.1, 0.15) is 17.4 Å². The lowest BCUT2D eigenvalue weighted by Crippen LogP contribution is -2.13. The normalized spacial score (nSPS) is 12.4. The van der Waals surface area contributed by atoms with Crippen molar-refractivity contribution in [3.8, 4) is 16.9 Å². The molecule has 3 heterocycles. The van der Waals surface area contributed by atoms with E-state index in [0.29, 0.717) is 41.9 Å². The van der Waals surface area contributed by atoms with E-state index in [1.165, 1.54) is 24.3 Å². The number of nitrogens with zero attached hydrogens (tertiary/aromatic N) is 5. The second kappa shape index (κ2) is 11.3. The predicted octanol–water partition coefficient (Wildman–Crippen LogP) is 4.49. The number of rotatable bonds is 9. The standard InChI is InChI=1S/C28H29FN8O2/c1-36(2)11-4-5-26(38)32-20-8-9-23(29)24(14-20)34-27-22(19-7-6-18-10-12-39-25(18)13-19)16-30-28(35-27)33-21-15-31-37(3)17-21/h4-9,13-17H,10-12H2,1-3H3,(H,32,38)(H2,30,33,34,35)/b5-4+. The molecule has 1 amide bonds. The molecular weight excluding hydrogens is 499 g/mol. The monoisotopic (exact) mass is 528 g/mol. The number of amides is 1. The van der Waals surface area contributed by atoms with Crippen LogP contribution in [0.15, 0.2) is 67.1 Å². The molecule has 10 nitrogen and oxygen atoms in total. The lowest BCUT2D eigenvalue weighted by Gasteiger charge is -2.15. The number of aryl methyl sites for hydroxylation is 1. The Kier molecular flexibility index (Phi) is 7.50. The van der Waals surface area contributed by atoms with E-state index in [2.05, 4.69) is 31.0 Å². The lowest BCUT2D eigenvalue weighted by atomic mass is 10.0. The molecule has 2 aromatic heterocycles. The van der Waals surface area contributed by atoms with E-state index in [1.807, 2.05) is 44.2 Å². The number of hydrogen-bond donors (Lipinski definition) is 3. The molecule has 0 fully saturated rings. The zero-order valence-corrected chi connectivity index (χ0v) is 21.9. The van der Waals surface area contributed by atoms with Crippen LogP contribution in [0.2, 0.25) is 0 Å². The van der Waals surface area contributed by atoms with Crippen molar-refractivity contribution in [3.63, 3.8) is 0 Å². The SMILES string of the molecule is CN(C)C/C=C/C(=O)Nc1ccc(F)c(Nc2nc(Nc3cnn(C)c3)ncc2-c2ccc3c(c2)OCC3)c1. The number of aromatic nitrogens is 4. The Hall–Kier alpha value is -4.77. The summed E-state index contributed by atoms with van der Waals surface area (Å²) >= 11 is 0. The van der Waals surface area contributed by atoms with Crippen LogP contribution in [0.5, 0.6) is 5.75 Å². The molecule has 0 atom stereocenters. The fraction of sp³-hybridized carbons (Fsp3) is 0.214. The zero-order valence-electron chi connectivity index (χ0n) is 21.9. The van der Waals surface area contributed by atoms with Gasteiger partial charge in [-0.15, -0.1) is 0 Å². The number of carbonyl (C=O) groups excluding carboxylic acids is 1. The summed E-state index contributed by atoms with van der Waals surface area (Å²) < 4.78 is 22.4. The molecule has 3 N–H and O–H groups in total. The number of anilines is 5. The van der Waals surface area contributed by atoms with Gasteiger partial charge in [-0.1, -0.05) is 18.2 Å². The van der Waals surface area contributed by atoms with E-state index in [1.54, 1.807) is 29.3 Å². The molecule has 2 aromatic carbocycles. The Labute approximate surface area is 225 Å². The first-order valence-electron chi connectivity index (χ1n) is 12.4. The molecule has 200 valence electrons. The van der Waals surface area contributed by atoms with E-state index < -0.39 is 5.82 Å². The van der Waals surface area contributed by atoms with Crippen molar-refractivity contribution in [3.05, 3.63) is 78.5 Å². The Morgan fingerprint density at radius 3 is 2.82 bits per heavy atom. The predicted molar refractivity (Wildman–Crippen MR) is 149 cm³/mol. The van der Waals surface area contributed by atoms with Gasteiger partial charge in [-0.25, -0.2) is 9.37 Å². The number of hydrogen-bond acceptors (Lipinski definition) is 8. The number of halogens is 1. The van der Waals surface area contributed by atoms with Gasteiger partial charge in [0.2, 0.25) is 11.9 Å². The first kappa shape index (κ1) is 25.9. The summed E-state index contributed by atoms with van der Waals surface area (Å²) in [5.41, 5.74) is 3.91. The number of likely N-dealkylation sites (N-methyl/N-ethyl adjacent to an activating group) is 1. The lowest BCUT2D eigenvalue weighted by molar-refractivity contribution is -0.111. The van der Waals surface area contributed by atoms with E-state index in [4.69, 9.17) is 4.74 Å². The Balaban J connectivity index is 1.46. The summed E-state index contributed by atoms with van der Waals surface area (Å²) in [6.07, 6.45) is 9.18. The van der Waals surface area contributed by atoms with E-state index in [0.717, 1.165) is 23.3 Å². The highest BCUT2D eigenvalue weighted by Crippen LogP contribution is 2.35. The number of ether oxygens (including phenoxy) is 1.